The summed E-state index contributed by atoms with van der Waals surface area (Å²) in [6.07, 6.45) is 1.75. The van der Waals surface area contributed by atoms with E-state index < -0.39 is 0 Å². The van der Waals surface area contributed by atoms with Gasteiger partial charge >= 0.3 is 0 Å². The van der Waals surface area contributed by atoms with Crippen LogP contribution in [0.4, 0.5) is 0 Å². The van der Waals surface area contributed by atoms with Crippen molar-refractivity contribution in [2.75, 3.05) is 7.11 Å². The van der Waals surface area contributed by atoms with E-state index in [0.717, 1.165) is 16.9 Å². The molecule has 0 bridgehead atoms. The Bertz CT molecular complexity index is 915. The molecule has 1 unspecified atom stereocenters. The molecule has 0 fully saturated rings. The lowest BCUT2D eigenvalue weighted by atomic mass is 10.1. The van der Waals surface area contributed by atoms with Gasteiger partial charge in [0.15, 0.2) is 5.17 Å². The SMILES string of the molecule is COc1ccc(/C=C2\N=C(SC(C)C#N)N(Cc3ccccc3)C2=O)cc1. The van der Waals surface area contributed by atoms with Crippen LogP contribution >= 0.6 is 11.8 Å². The van der Waals surface area contributed by atoms with E-state index in [1.165, 1.54) is 11.8 Å². The number of nitrogens with zero attached hydrogens (tertiary/aromatic N) is 3. The smallest absolute Gasteiger partial charge is 0.278 e. The van der Waals surface area contributed by atoms with Gasteiger partial charge in [-0.2, -0.15) is 5.26 Å². The van der Waals surface area contributed by atoms with Gasteiger partial charge < -0.3 is 4.74 Å². The van der Waals surface area contributed by atoms with Crippen molar-refractivity contribution in [1.29, 1.82) is 5.26 Å². The van der Waals surface area contributed by atoms with Crippen LogP contribution in [0.2, 0.25) is 0 Å². The summed E-state index contributed by atoms with van der Waals surface area (Å²) in [6.45, 7) is 2.22. The minimum atomic E-state index is -0.296. The number of rotatable bonds is 5. The largest absolute Gasteiger partial charge is 0.497 e. The van der Waals surface area contributed by atoms with E-state index in [4.69, 9.17) is 10.00 Å². The van der Waals surface area contributed by atoms with E-state index in [2.05, 4.69) is 11.1 Å². The number of nitriles is 1. The Balaban J connectivity index is 1.89. The van der Waals surface area contributed by atoms with E-state index in [9.17, 15) is 4.79 Å². The Hall–Kier alpha value is -3.04. The van der Waals surface area contributed by atoms with E-state index in [1.54, 1.807) is 25.0 Å². The molecule has 136 valence electrons. The highest BCUT2D eigenvalue weighted by molar-refractivity contribution is 8.14. The molecule has 5 nitrogen and oxygen atoms in total. The fourth-order valence-electron chi connectivity index (χ4n) is 2.57. The fraction of sp³-hybridized carbons (Fsp3) is 0.190. The van der Waals surface area contributed by atoms with Crippen molar-refractivity contribution in [1.82, 2.24) is 4.90 Å². The molecule has 1 amide bonds. The predicted octanol–water partition coefficient (Wildman–Crippen LogP) is 4.08. The molecule has 0 saturated heterocycles. The van der Waals surface area contributed by atoms with E-state index >= 15 is 0 Å². The van der Waals surface area contributed by atoms with Crippen LogP contribution in [0.1, 0.15) is 18.1 Å². The van der Waals surface area contributed by atoms with Crippen molar-refractivity contribution in [2.45, 2.75) is 18.7 Å². The van der Waals surface area contributed by atoms with Crippen LogP contribution < -0.4 is 4.74 Å². The molecule has 0 N–H and O–H groups in total. The topological polar surface area (TPSA) is 65.7 Å². The number of aliphatic imine (C=N–C) groups is 1. The first kappa shape index (κ1) is 18.7. The minimum absolute atomic E-state index is 0.165. The van der Waals surface area contributed by atoms with Crippen molar-refractivity contribution in [2.24, 2.45) is 4.99 Å². The number of ether oxygens (including phenoxy) is 1. The standard InChI is InChI=1S/C21H19N3O2S/c1-15(13-22)27-21-23-19(12-16-8-10-18(26-2)11-9-16)20(25)24(21)14-17-6-4-3-5-7-17/h3-12,15H,14H2,1-2H3/b19-12-. The Morgan fingerprint density at radius 3 is 2.56 bits per heavy atom. The molecule has 0 aromatic heterocycles. The molecule has 6 heteroatoms. The van der Waals surface area contributed by atoms with E-state index in [-0.39, 0.29) is 11.2 Å². The number of benzene rings is 2. The summed E-state index contributed by atoms with van der Waals surface area (Å²) in [5.74, 6) is 0.588. The fourth-order valence-corrected chi connectivity index (χ4v) is 3.36. The molecule has 1 aliphatic rings. The van der Waals surface area contributed by atoms with Crippen molar-refractivity contribution in [3.05, 3.63) is 71.4 Å². The zero-order chi connectivity index (χ0) is 19.2. The third kappa shape index (κ3) is 4.57. The van der Waals surface area contributed by atoms with Crippen molar-refractivity contribution < 1.29 is 9.53 Å². The lowest BCUT2D eigenvalue weighted by molar-refractivity contribution is -0.122. The maximum atomic E-state index is 12.9. The molecule has 3 rings (SSSR count). The molecular weight excluding hydrogens is 358 g/mol. The molecule has 27 heavy (non-hydrogen) atoms. The predicted molar refractivity (Wildman–Crippen MR) is 108 cm³/mol. The zero-order valence-corrected chi connectivity index (χ0v) is 15.9. The second-order valence-electron chi connectivity index (χ2n) is 5.96. The summed E-state index contributed by atoms with van der Waals surface area (Å²) in [6, 6.07) is 19.3. The quantitative estimate of drug-likeness (QED) is 0.737. The molecule has 0 saturated carbocycles. The maximum absolute atomic E-state index is 12.9. The summed E-state index contributed by atoms with van der Waals surface area (Å²) >= 11 is 1.29. The second-order valence-corrected chi connectivity index (χ2v) is 7.27. The first-order valence-electron chi connectivity index (χ1n) is 8.47. The first-order chi connectivity index (χ1) is 13.1. The molecule has 1 aliphatic heterocycles. The minimum Gasteiger partial charge on any atom is -0.497 e. The molecule has 2 aromatic rings. The molecule has 2 aromatic carbocycles. The van der Waals surface area contributed by atoms with Crippen LogP contribution in [-0.4, -0.2) is 28.3 Å². The monoisotopic (exact) mass is 377 g/mol. The molecule has 0 radical (unpaired) electrons. The average molecular weight is 377 g/mol. The van der Waals surface area contributed by atoms with Gasteiger partial charge in [-0.3, -0.25) is 9.69 Å². The molecule has 0 spiro atoms. The second kappa shape index (κ2) is 8.56. The van der Waals surface area contributed by atoms with Crippen LogP contribution in [0.15, 0.2) is 65.3 Å². The normalized spacial score (nSPS) is 16.2. The summed E-state index contributed by atoms with van der Waals surface area (Å²) in [5.41, 5.74) is 2.24. The Labute approximate surface area is 163 Å². The molecule has 1 heterocycles. The number of methoxy groups -OCH3 is 1. The van der Waals surface area contributed by atoms with Crippen LogP contribution in [0.5, 0.6) is 5.75 Å². The summed E-state index contributed by atoms with van der Waals surface area (Å²) in [7, 11) is 1.61. The summed E-state index contributed by atoms with van der Waals surface area (Å²) in [5, 5.41) is 9.39. The van der Waals surface area contributed by atoms with Gasteiger partial charge in [0.05, 0.1) is 25.0 Å². The molecule has 0 aliphatic carbocycles. The van der Waals surface area contributed by atoms with Crippen LogP contribution in [-0.2, 0) is 11.3 Å². The van der Waals surface area contributed by atoms with Gasteiger partial charge in [-0.15, -0.1) is 0 Å². The Morgan fingerprint density at radius 1 is 1.22 bits per heavy atom. The Morgan fingerprint density at radius 2 is 1.93 bits per heavy atom. The van der Waals surface area contributed by atoms with Gasteiger partial charge in [-0.1, -0.05) is 54.2 Å². The lowest BCUT2D eigenvalue weighted by Gasteiger charge is -2.18. The number of hydrogen-bond acceptors (Lipinski definition) is 5. The zero-order valence-electron chi connectivity index (χ0n) is 15.1. The van der Waals surface area contributed by atoms with Gasteiger partial charge in [0.1, 0.15) is 11.4 Å². The first-order valence-corrected chi connectivity index (χ1v) is 9.35. The number of amides is 1. The maximum Gasteiger partial charge on any atom is 0.278 e. The number of hydrogen-bond donors (Lipinski definition) is 0. The van der Waals surface area contributed by atoms with Crippen molar-refractivity contribution >= 4 is 28.9 Å². The van der Waals surface area contributed by atoms with Crippen molar-refractivity contribution in [3.63, 3.8) is 0 Å². The van der Waals surface area contributed by atoms with Gasteiger partial charge in [-0.25, -0.2) is 4.99 Å². The average Bonchev–Trinajstić information content (AvgIpc) is 2.98. The van der Waals surface area contributed by atoms with Crippen LogP contribution in [0.25, 0.3) is 6.08 Å². The Kier molecular flexibility index (Phi) is 5.94. The van der Waals surface area contributed by atoms with E-state index in [1.807, 2.05) is 54.6 Å². The molecule has 1 atom stereocenters. The van der Waals surface area contributed by atoms with Gasteiger partial charge in [0, 0.05) is 0 Å². The van der Waals surface area contributed by atoms with Gasteiger partial charge in [0.25, 0.3) is 5.91 Å². The van der Waals surface area contributed by atoms with Crippen LogP contribution in [0, 0.1) is 11.3 Å². The molecular formula is C21H19N3O2S. The third-order valence-electron chi connectivity index (χ3n) is 3.98. The summed E-state index contributed by atoms with van der Waals surface area (Å²) in [4.78, 5) is 19.1. The van der Waals surface area contributed by atoms with Gasteiger partial charge in [-0.05, 0) is 36.3 Å². The number of thioether (sulfide) groups is 1. The van der Waals surface area contributed by atoms with Crippen molar-refractivity contribution in [3.8, 4) is 11.8 Å². The highest BCUT2D eigenvalue weighted by atomic mass is 32.2. The third-order valence-corrected chi connectivity index (χ3v) is 4.96. The summed E-state index contributed by atoms with van der Waals surface area (Å²) < 4.78 is 5.16. The number of amidine groups is 1. The number of carbonyl (C=O) groups excluding carboxylic acids is 1. The van der Waals surface area contributed by atoms with E-state index in [0.29, 0.717) is 17.4 Å². The highest BCUT2D eigenvalue weighted by Gasteiger charge is 2.31. The lowest BCUT2D eigenvalue weighted by Crippen LogP contribution is -2.30. The highest BCUT2D eigenvalue weighted by Crippen LogP contribution is 2.28. The van der Waals surface area contributed by atoms with Crippen LogP contribution in [0.3, 0.4) is 0 Å². The number of carbonyl (C=O) groups is 1. The van der Waals surface area contributed by atoms with Gasteiger partial charge in [0.2, 0.25) is 0 Å².